The number of hydrogen-bond acceptors (Lipinski definition) is 4. The Hall–Kier alpha value is -3.15. The number of carbonyl (C=O) groups excluding carboxylic acids is 1. The van der Waals surface area contributed by atoms with Gasteiger partial charge in [-0.1, -0.05) is 19.1 Å². The van der Waals surface area contributed by atoms with Gasteiger partial charge in [-0.25, -0.2) is 4.98 Å². The Morgan fingerprint density at radius 3 is 2.41 bits per heavy atom. The first-order valence-electron chi connectivity index (χ1n) is 10.1. The summed E-state index contributed by atoms with van der Waals surface area (Å²) < 4.78 is 7.13. The van der Waals surface area contributed by atoms with Crippen LogP contribution in [0.1, 0.15) is 46.0 Å². The van der Waals surface area contributed by atoms with Crippen LogP contribution < -0.4 is 10.3 Å². The summed E-state index contributed by atoms with van der Waals surface area (Å²) in [6.45, 7) is 8.73. The van der Waals surface area contributed by atoms with Gasteiger partial charge in [-0.2, -0.15) is 0 Å². The molecule has 3 aromatic rings. The maximum atomic E-state index is 13.4. The topological polar surface area (TPSA) is 64.4 Å². The van der Waals surface area contributed by atoms with Crippen LogP contribution in [0, 0.1) is 0 Å². The number of nitrogens with zero attached hydrogens (tertiary/aromatic N) is 3. The third kappa shape index (κ3) is 4.01. The number of fused-ring (bicyclic) bond motifs is 1. The number of carbonyl (C=O) groups is 1. The van der Waals surface area contributed by atoms with E-state index in [9.17, 15) is 9.59 Å². The van der Waals surface area contributed by atoms with Crippen LogP contribution in [0.4, 0.5) is 0 Å². The van der Waals surface area contributed by atoms with Crippen molar-refractivity contribution in [2.75, 3.05) is 13.2 Å². The van der Waals surface area contributed by atoms with E-state index >= 15 is 0 Å². The highest BCUT2D eigenvalue weighted by Crippen LogP contribution is 2.24. The van der Waals surface area contributed by atoms with Gasteiger partial charge in [0.15, 0.2) is 0 Å². The highest BCUT2D eigenvalue weighted by Gasteiger charge is 2.25. The Kier molecular flexibility index (Phi) is 6.32. The van der Waals surface area contributed by atoms with E-state index in [4.69, 9.17) is 9.72 Å². The van der Waals surface area contributed by atoms with Crippen molar-refractivity contribution in [2.24, 2.45) is 0 Å². The number of aromatic nitrogens is 2. The van der Waals surface area contributed by atoms with Gasteiger partial charge in [0, 0.05) is 13.0 Å². The van der Waals surface area contributed by atoms with E-state index in [1.54, 1.807) is 15.5 Å². The third-order valence-electron chi connectivity index (χ3n) is 5.01. The molecule has 1 heterocycles. The van der Waals surface area contributed by atoms with Gasteiger partial charge in [0.1, 0.15) is 11.6 Å². The predicted octanol–water partition coefficient (Wildman–Crippen LogP) is 4.10. The summed E-state index contributed by atoms with van der Waals surface area (Å²) in [4.78, 5) is 32.4. The lowest BCUT2D eigenvalue weighted by Gasteiger charge is -2.29. The van der Waals surface area contributed by atoms with E-state index in [0.29, 0.717) is 42.0 Å². The van der Waals surface area contributed by atoms with Crippen molar-refractivity contribution in [2.45, 2.75) is 40.2 Å². The molecule has 0 aliphatic rings. The number of rotatable bonds is 7. The van der Waals surface area contributed by atoms with E-state index in [0.717, 1.165) is 5.75 Å². The fraction of sp³-hybridized carbons (Fsp3) is 0.348. The number of ether oxygens (including phenoxy) is 1. The smallest absolute Gasteiger partial charge is 0.266 e. The molecule has 6 heteroatoms. The van der Waals surface area contributed by atoms with Gasteiger partial charge < -0.3 is 9.64 Å². The van der Waals surface area contributed by atoms with E-state index in [1.807, 2.05) is 70.2 Å². The Labute approximate surface area is 170 Å². The zero-order chi connectivity index (χ0) is 21.0. The molecule has 0 saturated heterocycles. The molecule has 0 fully saturated rings. The molecule has 6 nitrogen and oxygen atoms in total. The van der Waals surface area contributed by atoms with Gasteiger partial charge in [-0.15, -0.1) is 0 Å². The van der Waals surface area contributed by atoms with Crippen LogP contribution in [0.2, 0.25) is 0 Å². The SMILES string of the molecule is CCOc1ccc(-n2c(C(C)N(CC)C(=O)CC)nc3ccccc3c2=O)cc1. The zero-order valence-corrected chi connectivity index (χ0v) is 17.4. The van der Waals surface area contributed by atoms with Gasteiger partial charge >= 0.3 is 0 Å². The van der Waals surface area contributed by atoms with E-state index in [2.05, 4.69) is 0 Å². The van der Waals surface area contributed by atoms with Crippen molar-refractivity contribution in [1.29, 1.82) is 0 Å². The minimum absolute atomic E-state index is 0.0284. The van der Waals surface area contributed by atoms with Crippen molar-refractivity contribution < 1.29 is 9.53 Å². The molecular formula is C23H27N3O3. The zero-order valence-electron chi connectivity index (χ0n) is 17.4. The van der Waals surface area contributed by atoms with Crippen molar-refractivity contribution in [3.8, 4) is 11.4 Å². The van der Waals surface area contributed by atoms with Crippen molar-refractivity contribution in [1.82, 2.24) is 14.5 Å². The lowest BCUT2D eigenvalue weighted by molar-refractivity contribution is -0.132. The summed E-state index contributed by atoms with van der Waals surface area (Å²) in [5.41, 5.74) is 1.17. The molecule has 1 aromatic heterocycles. The second-order valence-electron chi connectivity index (χ2n) is 6.76. The molecule has 0 aliphatic heterocycles. The Bertz CT molecular complexity index is 1060. The molecule has 0 N–H and O–H groups in total. The largest absolute Gasteiger partial charge is 0.494 e. The molecule has 29 heavy (non-hydrogen) atoms. The molecule has 1 amide bonds. The molecule has 2 aromatic carbocycles. The summed E-state index contributed by atoms with van der Waals surface area (Å²) in [5.74, 6) is 1.31. The average molecular weight is 393 g/mol. The molecule has 0 aliphatic carbocycles. The maximum Gasteiger partial charge on any atom is 0.266 e. The first-order chi connectivity index (χ1) is 14.0. The molecule has 0 bridgehead atoms. The van der Waals surface area contributed by atoms with Gasteiger partial charge in [0.25, 0.3) is 5.56 Å². The number of hydrogen-bond donors (Lipinski definition) is 0. The maximum absolute atomic E-state index is 13.4. The molecule has 152 valence electrons. The fourth-order valence-electron chi connectivity index (χ4n) is 3.55. The number of para-hydroxylation sites is 1. The monoisotopic (exact) mass is 393 g/mol. The standard InChI is InChI=1S/C23H27N3O3/c1-5-21(27)25(6-2)16(4)22-24-20-11-9-8-10-19(20)23(28)26(22)17-12-14-18(15-13-17)29-7-3/h8-16H,5-7H2,1-4H3. The highest BCUT2D eigenvalue weighted by molar-refractivity contribution is 5.78. The summed E-state index contributed by atoms with van der Waals surface area (Å²) in [5, 5.41) is 0.544. The van der Waals surface area contributed by atoms with Crippen LogP contribution in [0.15, 0.2) is 53.3 Å². The van der Waals surface area contributed by atoms with Crippen LogP contribution in [0.5, 0.6) is 5.75 Å². The minimum atomic E-state index is -0.351. The second-order valence-corrected chi connectivity index (χ2v) is 6.76. The van der Waals surface area contributed by atoms with Gasteiger partial charge in [0.05, 0.1) is 29.2 Å². The van der Waals surface area contributed by atoms with Gasteiger partial charge in [0.2, 0.25) is 5.91 Å². The summed E-state index contributed by atoms with van der Waals surface area (Å²) in [7, 11) is 0. The molecule has 0 spiro atoms. The molecule has 3 rings (SSSR count). The summed E-state index contributed by atoms with van der Waals surface area (Å²) in [6, 6.07) is 14.3. The lowest BCUT2D eigenvalue weighted by atomic mass is 10.1. The predicted molar refractivity (Wildman–Crippen MR) is 115 cm³/mol. The Balaban J connectivity index is 2.23. The van der Waals surface area contributed by atoms with Gasteiger partial charge in [-0.05, 0) is 57.2 Å². The van der Waals surface area contributed by atoms with Crippen molar-refractivity contribution in [3.05, 3.63) is 64.7 Å². The first-order valence-corrected chi connectivity index (χ1v) is 10.1. The van der Waals surface area contributed by atoms with Crippen LogP contribution >= 0.6 is 0 Å². The number of benzene rings is 2. The normalized spacial score (nSPS) is 12.0. The highest BCUT2D eigenvalue weighted by atomic mass is 16.5. The summed E-state index contributed by atoms with van der Waals surface area (Å²) >= 11 is 0. The molecular weight excluding hydrogens is 366 g/mol. The van der Waals surface area contributed by atoms with Crippen molar-refractivity contribution >= 4 is 16.8 Å². The number of amides is 1. The van der Waals surface area contributed by atoms with E-state index in [-0.39, 0.29) is 17.5 Å². The Morgan fingerprint density at radius 1 is 1.10 bits per heavy atom. The van der Waals surface area contributed by atoms with E-state index < -0.39 is 0 Å². The molecule has 1 unspecified atom stereocenters. The Morgan fingerprint density at radius 2 is 1.79 bits per heavy atom. The minimum Gasteiger partial charge on any atom is -0.494 e. The van der Waals surface area contributed by atoms with Crippen LogP contribution in [0.3, 0.4) is 0 Å². The fourth-order valence-corrected chi connectivity index (χ4v) is 3.55. The third-order valence-corrected chi connectivity index (χ3v) is 5.01. The van der Waals surface area contributed by atoms with Crippen molar-refractivity contribution in [3.63, 3.8) is 0 Å². The van der Waals surface area contributed by atoms with Crippen LogP contribution in [-0.4, -0.2) is 33.5 Å². The quantitative estimate of drug-likeness (QED) is 0.606. The second kappa shape index (κ2) is 8.90. The average Bonchev–Trinajstić information content (AvgIpc) is 2.75. The first kappa shape index (κ1) is 20.6. The van der Waals surface area contributed by atoms with Crippen LogP contribution in [0.25, 0.3) is 16.6 Å². The molecule has 0 saturated carbocycles. The van der Waals surface area contributed by atoms with E-state index in [1.165, 1.54) is 0 Å². The summed E-state index contributed by atoms with van der Waals surface area (Å²) in [6.07, 6.45) is 0.402. The lowest BCUT2D eigenvalue weighted by Crippen LogP contribution is -2.37. The molecule has 0 radical (unpaired) electrons. The van der Waals surface area contributed by atoms with Crippen LogP contribution in [-0.2, 0) is 4.79 Å². The molecule has 1 atom stereocenters. The van der Waals surface area contributed by atoms with Gasteiger partial charge in [-0.3, -0.25) is 14.2 Å².